The number of nitrogens with zero attached hydrogens (tertiary/aromatic N) is 1. The van der Waals surface area contributed by atoms with E-state index < -0.39 is 13.0 Å². The molecule has 1 unspecified atom stereocenters. The molecule has 1 aromatic rings. The number of anilines is 1. The quantitative estimate of drug-likeness (QED) is 0.780. The molecule has 1 aliphatic heterocycles. The van der Waals surface area contributed by atoms with Crippen molar-refractivity contribution < 1.29 is 18.3 Å². The number of rotatable bonds is 5. The highest BCUT2D eigenvalue weighted by Gasteiger charge is 2.31. The third kappa shape index (κ3) is 3.35. The van der Waals surface area contributed by atoms with E-state index in [2.05, 4.69) is 0 Å². The van der Waals surface area contributed by atoms with Gasteiger partial charge in [0.1, 0.15) is 12.4 Å². The average molecular weight is 290 g/mol. The van der Waals surface area contributed by atoms with E-state index in [0.29, 0.717) is 30.3 Å². The Balaban J connectivity index is 2.17. The first-order valence-electron chi connectivity index (χ1n) is 5.98. The summed E-state index contributed by atoms with van der Waals surface area (Å²) in [6, 6.07) is 6.70. The molecule has 0 aliphatic carbocycles. The molecule has 0 spiro atoms. The molecule has 0 bridgehead atoms. The summed E-state index contributed by atoms with van der Waals surface area (Å²) in [4.78, 5) is 13.4. The maximum Gasteiger partial charge on any atom is 0.272 e. The number of para-hydroxylation sites is 2. The van der Waals surface area contributed by atoms with Crippen LogP contribution in [0.25, 0.3) is 0 Å². The Hall–Kier alpha value is -1.36. The van der Waals surface area contributed by atoms with Gasteiger partial charge >= 0.3 is 0 Å². The molecule has 6 heteroatoms. The van der Waals surface area contributed by atoms with E-state index in [1.807, 2.05) is 0 Å². The summed E-state index contributed by atoms with van der Waals surface area (Å²) in [5.74, 6) is 0.741. The van der Waals surface area contributed by atoms with E-state index in [4.69, 9.17) is 16.3 Å². The summed E-state index contributed by atoms with van der Waals surface area (Å²) in [6.45, 7) is -0.185. The molecule has 1 atom stereocenters. The lowest BCUT2D eigenvalue weighted by molar-refractivity contribution is -0.117. The smallest absolute Gasteiger partial charge is 0.272 e. The van der Waals surface area contributed by atoms with Crippen molar-refractivity contribution in [2.75, 3.05) is 23.9 Å². The van der Waals surface area contributed by atoms with Crippen molar-refractivity contribution in [1.29, 1.82) is 0 Å². The highest BCUT2D eigenvalue weighted by Crippen LogP contribution is 2.33. The minimum Gasteiger partial charge on any atom is -0.485 e. The molecule has 104 valence electrons. The first-order chi connectivity index (χ1) is 9.11. The van der Waals surface area contributed by atoms with Gasteiger partial charge in [-0.3, -0.25) is 4.79 Å². The van der Waals surface area contributed by atoms with Crippen molar-refractivity contribution in [3.05, 3.63) is 24.3 Å². The van der Waals surface area contributed by atoms with Crippen LogP contribution in [0.5, 0.6) is 5.75 Å². The van der Waals surface area contributed by atoms with Gasteiger partial charge < -0.3 is 9.64 Å². The van der Waals surface area contributed by atoms with Crippen LogP contribution in [-0.2, 0) is 4.79 Å². The highest BCUT2D eigenvalue weighted by molar-refractivity contribution is 6.18. The minimum atomic E-state index is -2.54. The van der Waals surface area contributed by atoms with Gasteiger partial charge in [-0.1, -0.05) is 12.1 Å². The molecule has 19 heavy (non-hydrogen) atoms. The van der Waals surface area contributed by atoms with Gasteiger partial charge in [0.25, 0.3) is 6.43 Å². The molecule has 1 saturated heterocycles. The number of halogens is 3. The second kappa shape index (κ2) is 6.19. The van der Waals surface area contributed by atoms with Gasteiger partial charge in [0.15, 0.2) is 0 Å². The standard InChI is InChI=1S/C13H14ClF2NO2/c14-6-9-5-13(18)17(7-9)10-3-1-2-4-11(10)19-8-12(15)16/h1-4,9,12H,5-8H2. The maximum atomic E-state index is 12.2. The zero-order chi connectivity index (χ0) is 13.8. The lowest BCUT2D eigenvalue weighted by Crippen LogP contribution is -2.25. The van der Waals surface area contributed by atoms with Crippen LogP contribution in [0.15, 0.2) is 24.3 Å². The number of hydrogen-bond acceptors (Lipinski definition) is 2. The van der Waals surface area contributed by atoms with E-state index >= 15 is 0 Å². The van der Waals surface area contributed by atoms with Gasteiger partial charge in [-0.25, -0.2) is 8.78 Å². The number of hydrogen-bond donors (Lipinski definition) is 0. The van der Waals surface area contributed by atoms with E-state index in [9.17, 15) is 13.6 Å². The zero-order valence-electron chi connectivity index (χ0n) is 10.2. The molecule has 0 saturated carbocycles. The second-order valence-corrected chi connectivity index (χ2v) is 4.71. The van der Waals surface area contributed by atoms with E-state index in [1.54, 1.807) is 29.2 Å². The molecule has 0 radical (unpaired) electrons. The van der Waals surface area contributed by atoms with Crippen molar-refractivity contribution in [2.45, 2.75) is 12.8 Å². The van der Waals surface area contributed by atoms with Crippen LogP contribution in [0.1, 0.15) is 6.42 Å². The van der Waals surface area contributed by atoms with Crippen LogP contribution in [0.2, 0.25) is 0 Å². The van der Waals surface area contributed by atoms with Crippen LogP contribution in [0, 0.1) is 5.92 Å². The van der Waals surface area contributed by atoms with E-state index in [0.717, 1.165) is 0 Å². The van der Waals surface area contributed by atoms with Gasteiger partial charge in [-0.15, -0.1) is 11.6 Å². The Bertz CT molecular complexity index is 456. The normalized spacial score (nSPS) is 19.3. The van der Waals surface area contributed by atoms with E-state index in [-0.39, 0.29) is 11.8 Å². The second-order valence-electron chi connectivity index (χ2n) is 4.40. The number of carbonyl (C=O) groups excluding carboxylic acids is 1. The Morgan fingerprint density at radius 1 is 1.42 bits per heavy atom. The van der Waals surface area contributed by atoms with Crippen LogP contribution >= 0.6 is 11.6 Å². The van der Waals surface area contributed by atoms with Crippen LogP contribution in [-0.4, -0.2) is 31.4 Å². The molecule has 1 aromatic carbocycles. The monoisotopic (exact) mass is 289 g/mol. The Labute approximate surface area is 115 Å². The Morgan fingerprint density at radius 3 is 2.79 bits per heavy atom. The first kappa shape index (κ1) is 14.1. The van der Waals surface area contributed by atoms with Crippen molar-refractivity contribution in [2.24, 2.45) is 5.92 Å². The highest BCUT2D eigenvalue weighted by atomic mass is 35.5. The van der Waals surface area contributed by atoms with Crippen LogP contribution < -0.4 is 9.64 Å². The number of ether oxygens (including phenoxy) is 1. The van der Waals surface area contributed by atoms with Crippen molar-refractivity contribution in [3.63, 3.8) is 0 Å². The van der Waals surface area contributed by atoms with Gasteiger partial charge in [-0.05, 0) is 18.1 Å². The fourth-order valence-electron chi connectivity index (χ4n) is 2.07. The summed E-state index contributed by atoms with van der Waals surface area (Å²) in [6.07, 6.45) is -2.16. The molecule has 3 nitrogen and oxygen atoms in total. The number of benzene rings is 1. The molecular weight excluding hydrogens is 276 g/mol. The van der Waals surface area contributed by atoms with E-state index in [1.165, 1.54) is 0 Å². The molecule has 1 aliphatic rings. The summed E-state index contributed by atoms with van der Waals surface area (Å²) in [7, 11) is 0. The van der Waals surface area contributed by atoms with Crippen molar-refractivity contribution in [3.8, 4) is 5.75 Å². The lowest BCUT2D eigenvalue weighted by Gasteiger charge is -2.20. The Kier molecular flexibility index (Phi) is 4.58. The number of alkyl halides is 3. The molecule has 2 rings (SSSR count). The number of amides is 1. The predicted molar refractivity (Wildman–Crippen MR) is 69.1 cm³/mol. The van der Waals surface area contributed by atoms with Gasteiger partial charge in [0, 0.05) is 18.8 Å². The van der Waals surface area contributed by atoms with Crippen molar-refractivity contribution >= 4 is 23.2 Å². The fourth-order valence-corrected chi connectivity index (χ4v) is 2.28. The van der Waals surface area contributed by atoms with Crippen molar-refractivity contribution in [1.82, 2.24) is 0 Å². The van der Waals surface area contributed by atoms with Gasteiger partial charge in [-0.2, -0.15) is 0 Å². The van der Waals surface area contributed by atoms with Gasteiger partial charge in [0.2, 0.25) is 5.91 Å². The predicted octanol–water partition coefficient (Wildman–Crippen LogP) is 2.92. The summed E-state index contributed by atoms with van der Waals surface area (Å²) < 4.78 is 29.5. The SMILES string of the molecule is O=C1CC(CCl)CN1c1ccccc1OCC(F)F. The molecule has 0 N–H and O–H groups in total. The third-order valence-corrected chi connectivity index (χ3v) is 3.38. The summed E-state index contributed by atoms with van der Waals surface area (Å²) >= 11 is 5.76. The summed E-state index contributed by atoms with van der Waals surface area (Å²) in [5, 5.41) is 0. The lowest BCUT2D eigenvalue weighted by atomic mass is 10.1. The molecule has 1 amide bonds. The molecule has 1 fully saturated rings. The first-order valence-corrected chi connectivity index (χ1v) is 6.51. The van der Waals surface area contributed by atoms with Crippen LogP contribution in [0.3, 0.4) is 0 Å². The molecule has 0 aromatic heterocycles. The third-order valence-electron chi connectivity index (χ3n) is 2.94. The maximum absolute atomic E-state index is 12.2. The molecular formula is C13H14ClF2NO2. The van der Waals surface area contributed by atoms with Crippen LogP contribution in [0.4, 0.5) is 14.5 Å². The zero-order valence-corrected chi connectivity index (χ0v) is 10.9. The largest absolute Gasteiger partial charge is 0.485 e. The fraction of sp³-hybridized carbons (Fsp3) is 0.462. The van der Waals surface area contributed by atoms with Gasteiger partial charge in [0.05, 0.1) is 5.69 Å². The topological polar surface area (TPSA) is 29.5 Å². The minimum absolute atomic E-state index is 0.0567. The Morgan fingerprint density at radius 2 is 2.16 bits per heavy atom. The number of carbonyl (C=O) groups is 1. The average Bonchev–Trinajstić information content (AvgIpc) is 2.78. The summed E-state index contributed by atoms with van der Waals surface area (Å²) in [5.41, 5.74) is 0.528. The molecule has 1 heterocycles.